The molecule has 0 spiro atoms. The lowest BCUT2D eigenvalue weighted by Crippen LogP contribution is -2.28. The van der Waals surface area contributed by atoms with Crippen LogP contribution in [0.5, 0.6) is 5.75 Å². The Morgan fingerprint density at radius 2 is 2.11 bits per heavy atom. The second-order valence-corrected chi connectivity index (χ2v) is 4.70. The molecule has 1 aliphatic rings. The summed E-state index contributed by atoms with van der Waals surface area (Å²) in [6.07, 6.45) is 0.655. The SMILES string of the molecule is CCOc1ccc(CC2=NC(C)(CO)CO2)cc1. The fourth-order valence-electron chi connectivity index (χ4n) is 1.82. The highest BCUT2D eigenvalue weighted by Crippen LogP contribution is 2.20. The van der Waals surface area contributed by atoms with E-state index < -0.39 is 5.54 Å². The molecule has 98 valence electrons. The van der Waals surface area contributed by atoms with Crippen molar-refractivity contribution in [3.63, 3.8) is 0 Å². The van der Waals surface area contributed by atoms with E-state index in [0.717, 1.165) is 11.3 Å². The number of nitrogens with zero attached hydrogens (tertiary/aromatic N) is 1. The predicted octanol–water partition coefficient (Wildman–Crippen LogP) is 1.81. The van der Waals surface area contributed by atoms with Crippen LogP contribution in [0.2, 0.25) is 0 Å². The highest BCUT2D eigenvalue weighted by atomic mass is 16.5. The molecule has 1 aromatic rings. The highest BCUT2D eigenvalue weighted by Gasteiger charge is 2.30. The van der Waals surface area contributed by atoms with Crippen molar-refractivity contribution in [1.29, 1.82) is 0 Å². The molecular weight excluding hydrogens is 230 g/mol. The van der Waals surface area contributed by atoms with E-state index in [1.165, 1.54) is 0 Å². The van der Waals surface area contributed by atoms with Crippen LogP contribution in [0.4, 0.5) is 0 Å². The summed E-state index contributed by atoms with van der Waals surface area (Å²) in [5.41, 5.74) is 0.653. The van der Waals surface area contributed by atoms with Gasteiger partial charge in [0.25, 0.3) is 0 Å². The van der Waals surface area contributed by atoms with Crippen LogP contribution < -0.4 is 4.74 Å². The molecule has 0 amide bonds. The van der Waals surface area contributed by atoms with Crippen molar-refractivity contribution in [3.8, 4) is 5.75 Å². The first-order chi connectivity index (χ1) is 8.65. The van der Waals surface area contributed by atoms with Gasteiger partial charge >= 0.3 is 0 Å². The molecule has 4 nitrogen and oxygen atoms in total. The van der Waals surface area contributed by atoms with Gasteiger partial charge in [-0.2, -0.15) is 0 Å². The Kier molecular flexibility index (Phi) is 3.87. The van der Waals surface area contributed by atoms with E-state index >= 15 is 0 Å². The normalized spacial score (nSPS) is 22.5. The van der Waals surface area contributed by atoms with Gasteiger partial charge in [-0.3, -0.25) is 0 Å². The molecule has 2 rings (SSSR count). The number of benzene rings is 1. The average molecular weight is 249 g/mol. The molecule has 1 heterocycles. The molecular formula is C14H19NO3. The number of aliphatic imine (C=N–C) groups is 1. The van der Waals surface area contributed by atoms with Crippen molar-refractivity contribution in [3.05, 3.63) is 29.8 Å². The lowest BCUT2D eigenvalue weighted by Gasteiger charge is -2.12. The zero-order valence-corrected chi connectivity index (χ0v) is 10.8. The lowest BCUT2D eigenvalue weighted by atomic mass is 10.1. The fourth-order valence-corrected chi connectivity index (χ4v) is 1.82. The van der Waals surface area contributed by atoms with Gasteiger partial charge in [0.2, 0.25) is 0 Å². The molecule has 1 atom stereocenters. The molecule has 1 unspecified atom stereocenters. The zero-order chi connectivity index (χ0) is 13.0. The Labute approximate surface area is 107 Å². The standard InChI is InChI=1S/C14H19NO3/c1-3-17-12-6-4-11(5-7-12)8-13-15-14(2,9-16)10-18-13/h4-7,16H,3,8-10H2,1-2H3. The van der Waals surface area contributed by atoms with Crippen LogP contribution in [-0.2, 0) is 11.2 Å². The first-order valence-corrected chi connectivity index (χ1v) is 6.19. The van der Waals surface area contributed by atoms with Crippen molar-refractivity contribution >= 4 is 5.90 Å². The van der Waals surface area contributed by atoms with E-state index in [1.807, 2.05) is 38.1 Å². The van der Waals surface area contributed by atoms with Crippen molar-refractivity contribution in [2.24, 2.45) is 4.99 Å². The quantitative estimate of drug-likeness (QED) is 0.865. The van der Waals surface area contributed by atoms with Crippen LogP contribution in [0.1, 0.15) is 19.4 Å². The number of rotatable bonds is 5. The monoisotopic (exact) mass is 249 g/mol. The number of hydrogen-bond acceptors (Lipinski definition) is 4. The molecule has 0 saturated heterocycles. The van der Waals surface area contributed by atoms with E-state index in [2.05, 4.69) is 4.99 Å². The molecule has 0 saturated carbocycles. The van der Waals surface area contributed by atoms with E-state index in [4.69, 9.17) is 9.47 Å². The topological polar surface area (TPSA) is 51.0 Å². The molecule has 4 heteroatoms. The summed E-state index contributed by atoms with van der Waals surface area (Å²) in [6, 6.07) is 7.90. The molecule has 0 bridgehead atoms. The molecule has 0 radical (unpaired) electrons. The fraction of sp³-hybridized carbons (Fsp3) is 0.500. The largest absolute Gasteiger partial charge is 0.494 e. The van der Waals surface area contributed by atoms with E-state index in [-0.39, 0.29) is 6.61 Å². The Balaban J connectivity index is 2.00. The van der Waals surface area contributed by atoms with Gasteiger partial charge in [0.15, 0.2) is 5.90 Å². The number of aliphatic hydroxyl groups is 1. The maximum absolute atomic E-state index is 9.20. The molecule has 0 aromatic heterocycles. The minimum atomic E-state index is -0.472. The number of ether oxygens (including phenoxy) is 2. The Morgan fingerprint density at radius 3 is 2.67 bits per heavy atom. The Bertz CT molecular complexity index is 427. The van der Waals surface area contributed by atoms with Crippen molar-refractivity contribution < 1.29 is 14.6 Å². The Hall–Kier alpha value is -1.55. The second-order valence-electron chi connectivity index (χ2n) is 4.70. The van der Waals surface area contributed by atoms with Gasteiger partial charge in [-0.15, -0.1) is 0 Å². The maximum Gasteiger partial charge on any atom is 0.188 e. The smallest absolute Gasteiger partial charge is 0.188 e. The van der Waals surface area contributed by atoms with E-state index in [9.17, 15) is 5.11 Å². The van der Waals surface area contributed by atoms with Gasteiger partial charge in [0, 0.05) is 6.42 Å². The predicted molar refractivity (Wildman–Crippen MR) is 70.2 cm³/mol. The minimum absolute atomic E-state index is 0.0137. The van der Waals surface area contributed by atoms with Crippen LogP contribution >= 0.6 is 0 Å². The van der Waals surface area contributed by atoms with Crippen LogP contribution in [0.25, 0.3) is 0 Å². The molecule has 1 aliphatic heterocycles. The van der Waals surface area contributed by atoms with Crippen molar-refractivity contribution in [2.45, 2.75) is 25.8 Å². The van der Waals surface area contributed by atoms with Gasteiger partial charge in [-0.1, -0.05) is 12.1 Å². The summed E-state index contributed by atoms with van der Waals surface area (Å²) in [5.74, 6) is 1.56. The van der Waals surface area contributed by atoms with E-state index in [1.54, 1.807) is 0 Å². The van der Waals surface area contributed by atoms with Crippen LogP contribution in [0.15, 0.2) is 29.3 Å². The van der Waals surface area contributed by atoms with E-state index in [0.29, 0.717) is 25.5 Å². The third-order valence-electron chi connectivity index (χ3n) is 2.87. The van der Waals surface area contributed by atoms with Gasteiger partial charge in [-0.25, -0.2) is 4.99 Å². The number of aliphatic hydroxyl groups excluding tert-OH is 1. The third kappa shape index (κ3) is 3.01. The molecule has 1 aromatic carbocycles. The average Bonchev–Trinajstić information content (AvgIpc) is 2.75. The summed E-state index contributed by atoms with van der Waals surface area (Å²) in [5, 5.41) is 9.20. The summed E-state index contributed by atoms with van der Waals surface area (Å²) in [6.45, 7) is 4.99. The third-order valence-corrected chi connectivity index (χ3v) is 2.87. The highest BCUT2D eigenvalue weighted by molar-refractivity contribution is 5.80. The first-order valence-electron chi connectivity index (χ1n) is 6.19. The molecule has 1 N–H and O–H groups in total. The molecule has 18 heavy (non-hydrogen) atoms. The summed E-state index contributed by atoms with van der Waals surface area (Å²) in [7, 11) is 0. The van der Waals surface area contributed by atoms with Gasteiger partial charge < -0.3 is 14.6 Å². The van der Waals surface area contributed by atoms with Crippen molar-refractivity contribution in [2.75, 3.05) is 19.8 Å². The second kappa shape index (κ2) is 5.40. The van der Waals surface area contributed by atoms with Gasteiger partial charge in [0.05, 0.1) is 13.2 Å². The maximum atomic E-state index is 9.20. The summed E-state index contributed by atoms with van der Waals surface area (Å²) < 4.78 is 10.9. The zero-order valence-electron chi connectivity index (χ0n) is 10.8. The number of hydrogen-bond donors (Lipinski definition) is 1. The van der Waals surface area contributed by atoms with Crippen molar-refractivity contribution in [1.82, 2.24) is 0 Å². The van der Waals surface area contributed by atoms with Crippen LogP contribution in [0.3, 0.4) is 0 Å². The summed E-state index contributed by atoms with van der Waals surface area (Å²) in [4.78, 5) is 4.41. The lowest BCUT2D eigenvalue weighted by molar-refractivity contribution is 0.169. The summed E-state index contributed by atoms with van der Waals surface area (Å²) >= 11 is 0. The molecule has 0 fully saturated rings. The van der Waals surface area contributed by atoms with Gasteiger partial charge in [-0.05, 0) is 31.5 Å². The first kappa shape index (κ1) is 12.9. The van der Waals surface area contributed by atoms with Crippen LogP contribution in [-0.4, -0.2) is 36.4 Å². The van der Waals surface area contributed by atoms with Gasteiger partial charge in [0.1, 0.15) is 17.9 Å². The van der Waals surface area contributed by atoms with Crippen LogP contribution in [0, 0.1) is 0 Å². The minimum Gasteiger partial charge on any atom is -0.494 e. The Morgan fingerprint density at radius 1 is 1.39 bits per heavy atom. The molecule has 0 aliphatic carbocycles.